The Labute approximate surface area is 103 Å². The van der Waals surface area contributed by atoms with Crippen molar-refractivity contribution in [3.63, 3.8) is 0 Å². The Morgan fingerprint density at radius 1 is 1.59 bits per heavy atom. The predicted molar refractivity (Wildman–Crippen MR) is 63.9 cm³/mol. The highest BCUT2D eigenvalue weighted by molar-refractivity contribution is 7.08. The number of amides is 2. The maximum Gasteiger partial charge on any atom is 0.339 e. The van der Waals surface area contributed by atoms with Gasteiger partial charge in [0.1, 0.15) is 6.61 Å². The van der Waals surface area contributed by atoms with Gasteiger partial charge < -0.3 is 15.4 Å². The lowest BCUT2D eigenvalue weighted by Crippen LogP contribution is -2.41. The Morgan fingerprint density at radius 3 is 3.06 bits per heavy atom. The maximum absolute atomic E-state index is 11.6. The number of likely N-dealkylation sites (tertiary alicyclic amines) is 1. The number of carbonyl (C=O) groups excluding carboxylic acids is 2. The van der Waals surface area contributed by atoms with E-state index >= 15 is 0 Å². The van der Waals surface area contributed by atoms with Crippen molar-refractivity contribution in [2.45, 2.75) is 18.9 Å². The van der Waals surface area contributed by atoms with Gasteiger partial charge in [-0.2, -0.15) is 11.3 Å². The third-order valence-electron chi connectivity index (χ3n) is 2.82. The fraction of sp³-hybridized carbons (Fsp3) is 0.455. The highest BCUT2D eigenvalue weighted by Gasteiger charge is 2.28. The van der Waals surface area contributed by atoms with Crippen LogP contribution in [0.15, 0.2) is 16.8 Å². The van der Waals surface area contributed by atoms with Crippen LogP contribution in [0.2, 0.25) is 0 Å². The smallest absolute Gasteiger partial charge is 0.339 e. The summed E-state index contributed by atoms with van der Waals surface area (Å²) in [7, 11) is 0. The van der Waals surface area contributed by atoms with E-state index in [9.17, 15) is 9.59 Å². The van der Waals surface area contributed by atoms with Gasteiger partial charge in [-0.05, 0) is 24.3 Å². The molecule has 1 aliphatic heterocycles. The molecule has 0 saturated carbocycles. The van der Waals surface area contributed by atoms with Crippen LogP contribution in [0.1, 0.15) is 23.2 Å². The Morgan fingerprint density at radius 2 is 2.41 bits per heavy atom. The van der Waals surface area contributed by atoms with Crippen LogP contribution < -0.4 is 5.73 Å². The van der Waals surface area contributed by atoms with Crippen LogP contribution in [-0.2, 0) is 4.74 Å². The standard InChI is InChI=1S/C11H14N2O3S/c12-11(15)13-4-1-2-9(13)6-16-10(14)8-3-5-17-7-8/h3,5,7,9H,1-2,4,6H2,(H2,12,15)/t9-/m0/s1. The summed E-state index contributed by atoms with van der Waals surface area (Å²) in [6.45, 7) is 0.869. The molecule has 1 saturated heterocycles. The summed E-state index contributed by atoms with van der Waals surface area (Å²) in [4.78, 5) is 24.2. The Balaban J connectivity index is 1.86. The van der Waals surface area contributed by atoms with Crippen LogP contribution >= 0.6 is 11.3 Å². The summed E-state index contributed by atoms with van der Waals surface area (Å²) in [5, 5.41) is 3.56. The van der Waals surface area contributed by atoms with Crippen molar-refractivity contribution in [2.24, 2.45) is 5.73 Å². The van der Waals surface area contributed by atoms with E-state index in [-0.39, 0.29) is 18.6 Å². The van der Waals surface area contributed by atoms with E-state index in [4.69, 9.17) is 10.5 Å². The van der Waals surface area contributed by atoms with E-state index in [0.717, 1.165) is 12.8 Å². The molecular weight excluding hydrogens is 240 g/mol. The second-order valence-corrected chi connectivity index (χ2v) is 4.72. The summed E-state index contributed by atoms with van der Waals surface area (Å²) in [5.41, 5.74) is 5.79. The van der Waals surface area contributed by atoms with E-state index in [1.54, 1.807) is 16.3 Å². The van der Waals surface area contributed by atoms with Gasteiger partial charge in [0, 0.05) is 11.9 Å². The fourth-order valence-electron chi connectivity index (χ4n) is 1.93. The zero-order valence-corrected chi connectivity index (χ0v) is 10.1. The van der Waals surface area contributed by atoms with Crippen molar-refractivity contribution >= 4 is 23.3 Å². The van der Waals surface area contributed by atoms with Gasteiger partial charge in [-0.3, -0.25) is 0 Å². The van der Waals surface area contributed by atoms with Gasteiger partial charge in [-0.15, -0.1) is 0 Å². The molecule has 2 rings (SSSR count). The zero-order valence-electron chi connectivity index (χ0n) is 9.30. The number of nitrogens with two attached hydrogens (primary N) is 1. The second-order valence-electron chi connectivity index (χ2n) is 3.94. The Bertz CT molecular complexity index is 405. The van der Waals surface area contributed by atoms with Crippen LogP contribution in [-0.4, -0.2) is 36.1 Å². The van der Waals surface area contributed by atoms with Gasteiger partial charge in [0.05, 0.1) is 11.6 Å². The lowest BCUT2D eigenvalue weighted by atomic mass is 10.2. The van der Waals surface area contributed by atoms with Crippen LogP contribution in [0.4, 0.5) is 4.79 Å². The minimum atomic E-state index is -0.445. The Kier molecular flexibility index (Phi) is 3.63. The van der Waals surface area contributed by atoms with Crippen molar-refractivity contribution in [2.75, 3.05) is 13.2 Å². The minimum absolute atomic E-state index is 0.0740. The van der Waals surface area contributed by atoms with Crippen LogP contribution in [0.5, 0.6) is 0 Å². The number of urea groups is 1. The molecule has 6 heteroatoms. The molecule has 2 N–H and O–H groups in total. The average Bonchev–Trinajstić information content (AvgIpc) is 2.96. The summed E-state index contributed by atoms with van der Waals surface area (Å²) in [6, 6.07) is 1.20. The molecule has 0 aliphatic carbocycles. The quantitative estimate of drug-likeness (QED) is 0.830. The number of hydrogen-bond acceptors (Lipinski definition) is 4. The first kappa shape index (κ1) is 11.9. The average molecular weight is 254 g/mol. The highest BCUT2D eigenvalue weighted by atomic mass is 32.1. The van der Waals surface area contributed by atoms with Crippen molar-refractivity contribution in [1.29, 1.82) is 0 Å². The molecular formula is C11H14N2O3S. The lowest BCUT2D eigenvalue weighted by molar-refractivity contribution is 0.0423. The van der Waals surface area contributed by atoms with Gasteiger partial charge in [-0.25, -0.2) is 9.59 Å². The van der Waals surface area contributed by atoms with Crippen molar-refractivity contribution in [3.8, 4) is 0 Å². The molecule has 0 radical (unpaired) electrons. The first-order valence-electron chi connectivity index (χ1n) is 5.44. The van der Waals surface area contributed by atoms with Gasteiger partial charge in [0.25, 0.3) is 0 Å². The predicted octanol–water partition coefficient (Wildman–Crippen LogP) is 1.45. The zero-order chi connectivity index (χ0) is 12.3. The number of thiophene rings is 1. The molecule has 1 aromatic rings. The van der Waals surface area contributed by atoms with Gasteiger partial charge in [0.2, 0.25) is 0 Å². The van der Waals surface area contributed by atoms with Crippen LogP contribution in [0, 0.1) is 0 Å². The first-order valence-corrected chi connectivity index (χ1v) is 6.38. The van der Waals surface area contributed by atoms with Crippen LogP contribution in [0.3, 0.4) is 0 Å². The summed E-state index contributed by atoms with van der Waals surface area (Å²) >= 11 is 1.45. The molecule has 1 aliphatic rings. The molecule has 1 aromatic heterocycles. The monoisotopic (exact) mass is 254 g/mol. The summed E-state index contributed by atoms with van der Waals surface area (Å²) in [5.74, 6) is -0.345. The Hall–Kier alpha value is -1.56. The third-order valence-corrected chi connectivity index (χ3v) is 3.51. The molecule has 0 unspecified atom stereocenters. The SMILES string of the molecule is NC(=O)N1CCC[C@H]1COC(=O)c1ccsc1. The molecule has 0 aromatic carbocycles. The van der Waals surface area contributed by atoms with E-state index < -0.39 is 6.03 Å². The number of primary amides is 1. The molecule has 1 atom stereocenters. The molecule has 5 nitrogen and oxygen atoms in total. The molecule has 0 bridgehead atoms. The second kappa shape index (κ2) is 5.18. The summed E-state index contributed by atoms with van der Waals surface area (Å²) < 4.78 is 5.17. The largest absolute Gasteiger partial charge is 0.460 e. The van der Waals surface area contributed by atoms with Crippen molar-refractivity contribution in [3.05, 3.63) is 22.4 Å². The number of hydrogen-bond donors (Lipinski definition) is 1. The van der Waals surface area contributed by atoms with Crippen LogP contribution in [0.25, 0.3) is 0 Å². The van der Waals surface area contributed by atoms with Gasteiger partial charge in [-0.1, -0.05) is 0 Å². The van der Waals surface area contributed by atoms with E-state index in [1.807, 2.05) is 5.38 Å². The lowest BCUT2D eigenvalue weighted by Gasteiger charge is -2.21. The minimum Gasteiger partial charge on any atom is -0.460 e. The van der Waals surface area contributed by atoms with E-state index in [1.165, 1.54) is 11.3 Å². The molecule has 17 heavy (non-hydrogen) atoms. The fourth-order valence-corrected chi connectivity index (χ4v) is 2.56. The maximum atomic E-state index is 11.6. The molecule has 92 valence electrons. The van der Waals surface area contributed by atoms with Gasteiger partial charge >= 0.3 is 12.0 Å². The number of nitrogens with zero attached hydrogens (tertiary/aromatic N) is 1. The molecule has 2 heterocycles. The third kappa shape index (κ3) is 2.76. The number of esters is 1. The highest BCUT2D eigenvalue weighted by Crippen LogP contribution is 2.17. The number of ether oxygens (including phenoxy) is 1. The molecule has 2 amide bonds. The molecule has 1 fully saturated rings. The molecule has 0 spiro atoms. The van der Waals surface area contributed by atoms with Crippen molar-refractivity contribution < 1.29 is 14.3 Å². The summed E-state index contributed by atoms with van der Waals surface area (Å²) in [6.07, 6.45) is 1.74. The van der Waals surface area contributed by atoms with Crippen molar-refractivity contribution in [1.82, 2.24) is 4.90 Å². The topological polar surface area (TPSA) is 72.6 Å². The first-order chi connectivity index (χ1) is 8.18. The number of carbonyl (C=O) groups is 2. The normalized spacial score (nSPS) is 19.3. The van der Waals surface area contributed by atoms with E-state index in [0.29, 0.717) is 12.1 Å². The van der Waals surface area contributed by atoms with Gasteiger partial charge in [0.15, 0.2) is 0 Å². The number of rotatable bonds is 3. The van der Waals surface area contributed by atoms with E-state index in [2.05, 4.69) is 0 Å².